The third-order valence-corrected chi connectivity index (χ3v) is 5.11. The van der Waals surface area contributed by atoms with E-state index in [1.54, 1.807) is 17.5 Å². The van der Waals surface area contributed by atoms with Crippen LogP contribution < -0.4 is 4.18 Å². The van der Waals surface area contributed by atoms with Gasteiger partial charge in [0.25, 0.3) is 10.1 Å². The van der Waals surface area contributed by atoms with Crippen LogP contribution in [0.1, 0.15) is 11.3 Å². The largest absolute Gasteiger partial charge is 0.534 e. The van der Waals surface area contributed by atoms with Crippen LogP contribution in [0.2, 0.25) is 0 Å². The fraction of sp³-hybridized carbons (Fsp3) is 0.188. The molecule has 0 aliphatic rings. The number of hydrogen-bond donors (Lipinski definition) is 1. The maximum absolute atomic E-state index is 12.3. The molecule has 0 spiro atoms. The molecule has 0 amide bonds. The van der Waals surface area contributed by atoms with Gasteiger partial charge in [-0.1, -0.05) is 12.1 Å². The lowest BCUT2D eigenvalue weighted by Crippen LogP contribution is -2.28. The number of rotatable bonds is 4. The van der Waals surface area contributed by atoms with Gasteiger partial charge in [0.15, 0.2) is 0 Å². The van der Waals surface area contributed by atoms with Crippen molar-refractivity contribution in [1.82, 2.24) is 4.98 Å². The third kappa shape index (κ3) is 6.96. The Morgan fingerprint density at radius 2 is 1.66 bits per heavy atom. The maximum atomic E-state index is 12.3. The van der Waals surface area contributed by atoms with Crippen LogP contribution in [0.4, 0.5) is 13.2 Å². The number of halogens is 3. The van der Waals surface area contributed by atoms with Crippen molar-refractivity contribution in [2.45, 2.75) is 11.9 Å². The minimum Gasteiger partial charge on any atom is -0.376 e. The Labute approximate surface area is 168 Å². The summed E-state index contributed by atoms with van der Waals surface area (Å²) in [6.07, 6.45) is 2.88. The molecule has 158 valence electrons. The van der Waals surface area contributed by atoms with Crippen LogP contribution in [0.3, 0.4) is 0 Å². The van der Waals surface area contributed by atoms with Gasteiger partial charge in [-0.3, -0.25) is 9.54 Å². The van der Waals surface area contributed by atoms with E-state index in [1.807, 2.05) is 17.5 Å². The number of thiophene rings is 1. The second-order valence-corrected chi connectivity index (χ2v) is 9.58. The van der Waals surface area contributed by atoms with Gasteiger partial charge in [-0.2, -0.15) is 30.0 Å². The molecule has 13 heteroatoms. The van der Waals surface area contributed by atoms with Crippen molar-refractivity contribution in [1.29, 1.82) is 0 Å². The van der Waals surface area contributed by atoms with Gasteiger partial charge >= 0.3 is 15.6 Å². The summed E-state index contributed by atoms with van der Waals surface area (Å²) >= 11 is 1.59. The van der Waals surface area contributed by atoms with E-state index in [2.05, 4.69) is 9.17 Å². The van der Waals surface area contributed by atoms with Crippen molar-refractivity contribution >= 4 is 41.7 Å². The SMILES string of the molecule is CS(=O)(=O)O.O=S(=O)(Oc1ccc(Cc2nccc3sccc23)cc1)C(F)(F)F. The Hall–Kier alpha value is -2.22. The third-order valence-electron chi connectivity index (χ3n) is 3.25. The molecule has 0 radical (unpaired) electrons. The van der Waals surface area contributed by atoms with Crippen molar-refractivity contribution in [2.24, 2.45) is 0 Å². The quantitative estimate of drug-likeness (QED) is 0.353. The van der Waals surface area contributed by atoms with E-state index in [0.29, 0.717) is 12.7 Å². The average molecular weight is 469 g/mol. The smallest absolute Gasteiger partial charge is 0.376 e. The summed E-state index contributed by atoms with van der Waals surface area (Å²) in [5.41, 5.74) is -3.84. The highest BCUT2D eigenvalue weighted by atomic mass is 32.2. The Morgan fingerprint density at radius 1 is 1.07 bits per heavy atom. The van der Waals surface area contributed by atoms with E-state index in [4.69, 9.17) is 4.55 Å². The number of fused-ring (bicyclic) bond motifs is 1. The lowest BCUT2D eigenvalue weighted by molar-refractivity contribution is -0.0500. The number of alkyl halides is 3. The van der Waals surface area contributed by atoms with E-state index in [1.165, 1.54) is 24.3 Å². The fourth-order valence-corrected chi connectivity index (χ4v) is 3.39. The van der Waals surface area contributed by atoms with Crippen molar-refractivity contribution in [3.63, 3.8) is 0 Å². The average Bonchev–Trinajstić information content (AvgIpc) is 3.03. The fourth-order valence-electron chi connectivity index (χ4n) is 2.12. The number of pyridine rings is 1. The zero-order valence-corrected chi connectivity index (χ0v) is 17.1. The number of hydrogen-bond acceptors (Lipinski definition) is 7. The molecule has 2 heterocycles. The van der Waals surface area contributed by atoms with Gasteiger partial charge in [-0.05, 0) is 35.2 Å². The van der Waals surface area contributed by atoms with Crippen molar-refractivity contribution in [3.05, 3.63) is 59.2 Å². The van der Waals surface area contributed by atoms with E-state index in [0.717, 1.165) is 21.3 Å². The molecule has 0 fully saturated rings. The van der Waals surface area contributed by atoms with Crippen molar-refractivity contribution < 1.29 is 38.7 Å². The first-order chi connectivity index (χ1) is 13.3. The Morgan fingerprint density at radius 3 is 2.21 bits per heavy atom. The molecule has 29 heavy (non-hydrogen) atoms. The van der Waals surface area contributed by atoms with Gasteiger partial charge < -0.3 is 4.18 Å². The molecule has 7 nitrogen and oxygen atoms in total. The van der Waals surface area contributed by atoms with Crippen LogP contribution in [-0.2, 0) is 26.7 Å². The summed E-state index contributed by atoms with van der Waals surface area (Å²) in [6, 6.07) is 9.25. The molecule has 0 unspecified atom stereocenters. The van der Waals surface area contributed by atoms with E-state index in [-0.39, 0.29) is 0 Å². The summed E-state index contributed by atoms with van der Waals surface area (Å²) in [5.74, 6) is -0.391. The molecule has 0 aliphatic heterocycles. The number of aromatic nitrogens is 1. The van der Waals surface area contributed by atoms with Crippen LogP contribution in [0.5, 0.6) is 5.75 Å². The minimum absolute atomic E-state index is 0.391. The summed E-state index contributed by atoms with van der Waals surface area (Å²) in [7, 11) is -9.32. The van der Waals surface area contributed by atoms with Crippen molar-refractivity contribution in [3.8, 4) is 5.75 Å². The monoisotopic (exact) mass is 469 g/mol. The van der Waals surface area contributed by atoms with Crippen LogP contribution in [0, 0.1) is 0 Å². The predicted octanol–water partition coefficient (Wildman–Crippen LogP) is 3.62. The standard InChI is InChI=1S/C15H10F3NO3S2.CH4O3S/c16-15(17,18)24(20,21)22-11-3-1-10(2-4-11)9-13-12-6-8-23-14(12)5-7-19-13;1-5(2,3)4/h1-8H,9H2;1H3,(H,2,3,4). The zero-order chi connectivity index (χ0) is 21.9. The predicted molar refractivity (Wildman–Crippen MR) is 102 cm³/mol. The highest BCUT2D eigenvalue weighted by Gasteiger charge is 2.48. The maximum Gasteiger partial charge on any atom is 0.534 e. The first-order valence-corrected chi connectivity index (χ1v) is 11.7. The topological polar surface area (TPSA) is 111 Å². The highest BCUT2D eigenvalue weighted by molar-refractivity contribution is 7.88. The molecule has 0 aliphatic carbocycles. The van der Waals surface area contributed by atoms with Crippen LogP contribution in [-0.4, -0.2) is 38.1 Å². The highest BCUT2D eigenvalue weighted by Crippen LogP contribution is 2.28. The summed E-state index contributed by atoms with van der Waals surface area (Å²) in [5, 5.41) is 2.97. The van der Waals surface area contributed by atoms with Gasteiger partial charge in [-0.15, -0.1) is 11.3 Å². The number of benzene rings is 1. The van der Waals surface area contributed by atoms with E-state index < -0.39 is 31.5 Å². The van der Waals surface area contributed by atoms with Crippen LogP contribution in [0.25, 0.3) is 10.1 Å². The van der Waals surface area contributed by atoms with Gasteiger partial charge in [0.05, 0.1) is 11.9 Å². The molecule has 0 saturated heterocycles. The van der Waals surface area contributed by atoms with Crippen LogP contribution in [0.15, 0.2) is 48.0 Å². The lowest BCUT2D eigenvalue weighted by atomic mass is 10.1. The van der Waals surface area contributed by atoms with Gasteiger partial charge in [0.2, 0.25) is 0 Å². The minimum atomic E-state index is -5.65. The molecule has 0 atom stereocenters. The first kappa shape index (κ1) is 23.1. The van der Waals surface area contributed by atoms with Gasteiger partial charge in [-0.25, -0.2) is 0 Å². The molecule has 0 bridgehead atoms. The Bertz CT molecular complexity index is 1180. The van der Waals surface area contributed by atoms with Crippen molar-refractivity contribution in [2.75, 3.05) is 6.26 Å². The first-order valence-electron chi connectivity index (χ1n) is 7.59. The summed E-state index contributed by atoms with van der Waals surface area (Å²) < 4.78 is 89.8. The molecule has 1 N–H and O–H groups in total. The molecule has 0 saturated carbocycles. The summed E-state index contributed by atoms with van der Waals surface area (Å²) in [6.45, 7) is 0. The zero-order valence-electron chi connectivity index (χ0n) is 14.6. The van der Waals surface area contributed by atoms with Gasteiger partial charge in [0.1, 0.15) is 5.75 Å². The lowest BCUT2D eigenvalue weighted by Gasteiger charge is -2.10. The molecule has 2 aromatic heterocycles. The van der Waals surface area contributed by atoms with Crippen LogP contribution >= 0.6 is 11.3 Å². The Kier molecular flexibility index (Phi) is 6.88. The molecule has 3 aromatic rings. The van der Waals surface area contributed by atoms with E-state index in [9.17, 15) is 30.0 Å². The Balaban J connectivity index is 0.000000537. The molecule has 3 rings (SSSR count). The van der Waals surface area contributed by atoms with E-state index >= 15 is 0 Å². The molecule has 1 aromatic carbocycles. The van der Waals surface area contributed by atoms with Gasteiger partial charge in [0, 0.05) is 22.7 Å². The second-order valence-electron chi connectivity index (χ2n) is 5.63. The second kappa shape index (κ2) is 8.65. The number of nitrogens with zero attached hydrogens (tertiary/aromatic N) is 1. The molecular formula is C16H14F3NO6S3. The molecular weight excluding hydrogens is 455 g/mol. The summed E-state index contributed by atoms with van der Waals surface area (Å²) in [4.78, 5) is 4.32. The normalized spacial score (nSPS) is 12.3.